The summed E-state index contributed by atoms with van der Waals surface area (Å²) in [5.74, 6) is 1.78. The summed E-state index contributed by atoms with van der Waals surface area (Å²) in [7, 11) is 0. The van der Waals surface area contributed by atoms with Crippen molar-refractivity contribution in [3.05, 3.63) is 17.8 Å². The molecular formula is C21H35N3O3. The summed E-state index contributed by atoms with van der Waals surface area (Å²) in [5, 5.41) is 2.83. The molecule has 0 spiro atoms. The molecule has 1 aliphatic rings. The predicted molar refractivity (Wildman–Crippen MR) is 105 cm³/mol. The minimum Gasteiger partial charge on any atom is -0.446 e. The Hall–Kier alpha value is -1.85. The fourth-order valence-corrected chi connectivity index (χ4v) is 3.52. The Kier molecular flexibility index (Phi) is 8.32. The van der Waals surface area contributed by atoms with Crippen molar-refractivity contribution < 1.29 is 14.0 Å². The van der Waals surface area contributed by atoms with Gasteiger partial charge in [-0.1, -0.05) is 53.4 Å². The van der Waals surface area contributed by atoms with Gasteiger partial charge in [-0.2, -0.15) is 0 Å². The van der Waals surface area contributed by atoms with E-state index in [0.717, 1.165) is 6.42 Å². The van der Waals surface area contributed by atoms with E-state index in [1.165, 1.54) is 31.9 Å². The van der Waals surface area contributed by atoms with E-state index in [0.29, 0.717) is 49.7 Å². The molecule has 2 amide bonds. The Morgan fingerprint density at radius 1 is 1.22 bits per heavy atom. The Labute approximate surface area is 163 Å². The number of rotatable bonds is 10. The molecular weight excluding hydrogens is 342 g/mol. The molecule has 0 aliphatic heterocycles. The Morgan fingerprint density at radius 3 is 2.56 bits per heavy atom. The Balaban J connectivity index is 1.92. The highest BCUT2D eigenvalue weighted by Gasteiger charge is 2.22. The van der Waals surface area contributed by atoms with Crippen LogP contribution in [0.5, 0.6) is 0 Å². The third kappa shape index (κ3) is 7.35. The second-order valence-electron chi connectivity index (χ2n) is 8.59. The van der Waals surface area contributed by atoms with Crippen molar-refractivity contribution in [1.82, 2.24) is 15.2 Å². The molecule has 6 heteroatoms. The molecule has 0 radical (unpaired) electrons. The molecule has 0 saturated heterocycles. The summed E-state index contributed by atoms with van der Waals surface area (Å²) >= 11 is 0. The van der Waals surface area contributed by atoms with Crippen LogP contribution in [0.15, 0.2) is 10.7 Å². The van der Waals surface area contributed by atoms with Crippen LogP contribution < -0.4 is 5.32 Å². The van der Waals surface area contributed by atoms with E-state index in [-0.39, 0.29) is 17.5 Å². The summed E-state index contributed by atoms with van der Waals surface area (Å²) in [6, 6.07) is 0. The van der Waals surface area contributed by atoms with Crippen LogP contribution in [0.25, 0.3) is 0 Å². The van der Waals surface area contributed by atoms with Crippen LogP contribution in [0.3, 0.4) is 0 Å². The molecule has 1 aromatic heterocycles. The van der Waals surface area contributed by atoms with Crippen LogP contribution in [0.1, 0.15) is 82.6 Å². The third-order valence-corrected chi connectivity index (χ3v) is 4.96. The maximum absolute atomic E-state index is 12.7. The van der Waals surface area contributed by atoms with Crippen LogP contribution in [0.4, 0.5) is 0 Å². The lowest BCUT2D eigenvalue weighted by Gasteiger charge is -2.24. The van der Waals surface area contributed by atoms with Crippen molar-refractivity contribution in [1.29, 1.82) is 0 Å². The number of carbonyl (C=O) groups is 2. The standard InChI is InChI=1S/C21H35N3O3/c1-15(2)11-22-21(26)18-14-27-19(23-18)13-24(12-16(3)4)20(25)10-9-17-7-5-6-8-17/h14-17H,5-13H2,1-4H3,(H,22,26). The van der Waals surface area contributed by atoms with Gasteiger partial charge in [-0.15, -0.1) is 0 Å². The quantitative estimate of drug-likeness (QED) is 0.668. The minimum atomic E-state index is -0.235. The average molecular weight is 378 g/mol. The highest BCUT2D eigenvalue weighted by Crippen LogP contribution is 2.28. The smallest absolute Gasteiger partial charge is 0.273 e. The van der Waals surface area contributed by atoms with Gasteiger partial charge in [0.15, 0.2) is 5.69 Å². The van der Waals surface area contributed by atoms with Gasteiger partial charge < -0.3 is 14.6 Å². The number of nitrogens with one attached hydrogen (secondary N) is 1. The molecule has 0 bridgehead atoms. The fourth-order valence-electron chi connectivity index (χ4n) is 3.52. The van der Waals surface area contributed by atoms with E-state index in [1.807, 2.05) is 18.7 Å². The van der Waals surface area contributed by atoms with Crippen molar-refractivity contribution >= 4 is 11.8 Å². The monoisotopic (exact) mass is 377 g/mol. The van der Waals surface area contributed by atoms with Crippen molar-refractivity contribution in [2.24, 2.45) is 17.8 Å². The van der Waals surface area contributed by atoms with E-state index in [4.69, 9.17) is 4.42 Å². The zero-order chi connectivity index (χ0) is 19.8. The first kappa shape index (κ1) is 21.5. The normalized spacial score (nSPS) is 14.9. The molecule has 1 heterocycles. The first-order valence-corrected chi connectivity index (χ1v) is 10.4. The van der Waals surface area contributed by atoms with Crippen LogP contribution >= 0.6 is 0 Å². The predicted octanol–water partition coefficient (Wildman–Crippen LogP) is 4.02. The van der Waals surface area contributed by atoms with Gasteiger partial charge >= 0.3 is 0 Å². The first-order valence-electron chi connectivity index (χ1n) is 10.4. The van der Waals surface area contributed by atoms with E-state index in [1.54, 1.807) is 0 Å². The summed E-state index contributed by atoms with van der Waals surface area (Å²) in [6.45, 7) is 9.85. The van der Waals surface area contributed by atoms with Gasteiger partial charge in [0.1, 0.15) is 6.26 Å². The molecule has 27 heavy (non-hydrogen) atoms. The van der Waals surface area contributed by atoms with Crippen molar-refractivity contribution in [2.75, 3.05) is 13.1 Å². The minimum absolute atomic E-state index is 0.152. The van der Waals surface area contributed by atoms with E-state index in [2.05, 4.69) is 24.1 Å². The summed E-state index contributed by atoms with van der Waals surface area (Å²) in [5.41, 5.74) is 0.272. The maximum Gasteiger partial charge on any atom is 0.273 e. The molecule has 2 rings (SSSR count). The molecule has 1 fully saturated rings. The Morgan fingerprint density at radius 2 is 1.93 bits per heavy atom. The van der Waals surface area contributed by atoms with Gasteiger partial charge in [-0.3, -0.25) is 9.59 Å². The molecule has 0 atom stereocenters. The van der Waals surface area contributed by atoms with Crippen LogP contribution in [-0.4, -0.2) is 34.8 Å². The number of aromatic nitrogens is 1. The van der Waals surface area contributed by atoms with E-state index >= 15 is 0 Å². The summed E-state index contributed by atoms with van der Waals surface area (Å²) in [4.78, 5) is 30.9. The SMILES string of the molecule is CC(C)CNC(=O)c1coc(CN(CC(C)C)C(=O)CCC2CCCC2)n1. The zero-order valence-electron chi connectivity index (χ0n) is 17.3. The molecule has 6 nitrogen and oxygen atoms in total. The fraction of sp³-hybridized carbons (Fsp3) is 0.762. The highest BCUT2D eigenvalue weighted by atomic mass is 16.3. The second-order valence-corrected chi connectivity index (χ2v) is 8.59. The van der Waals surface area contributed by atoms with Gasteiger partial charge in [0.05, 0.1) is 6.54 Å². The lowest BCUT2D eigenvalue weighted by atomic mass is 10.0. The van der Waals surface area contributed by atoms with Crippen LogP contribution in [0.2, 0.25) is 0 Å². The lowest BCUT2D eigenvalue weighted by Crippen LogP contribution is -2.34. The Bertz CT molecular complexity index is 604. The molecule has 1 aromatic rings. The maximum atomic E-state index is 12.7. The van der Waals surface area contributed by atoms with Gasteiger partial charge in [0.2, 0.25) is 11.8 Å². The number of hydrogen-bond acceptors (Lipinski definition) is 4. The van der Waals surface area contributed by atoms with Crippen molar-refractivity contribution in [3.8, 4) is 0 Å². The van der Waals surface area contributed by atoms with Gasteiger partial charge in [0.25, 0.3) is 5.91 Å². The van der Waals surface area contributed by atoms with Crippen LogP contribution in [-0.2, 0) is 11.3 Å². The summed E-state index contributed by atoms with van der Waals surface area (Å²) < 4.78 is 5.47. The molecule has 0 unspecified atom stereocenters. The van der Waals surface area contributed by atoms with E-state index in [9.17, 15) is 9.59 Å². The third-order valence-electron chi connectivity index (χ3n) is 4.96. The molecule has 0 aromatic carbocycles. The van der Waals surface area contributed by atoms with Gasteiger partial charge in [-0.05, 0) is 24.2 Å². The average Bonchev–Trinajstić information content (AvgIpc) is 3.28. The lowest BCUT2D eigenvalue weighted by molar-refractivity contribution is -0.133. The molecule has 1 aliphatic carbocycles. The molecule has 1 saturated carbocycles. The van der Waals surface area contributed by atoms with Gasteiger partial charge in [0, 0.05) is 19.5 Å². The molecule has 152 valence electrons. The number of hydrogen-bond donors (Lipinski definition) is 1. The first-order chi connectivity index (χ1) is 12.8. The zero-order valence-corrected chi connectivity index (χ0v) is 17.3. The number of nitrogens with zero attached hydrogens (tertiary/aromatic N) is 2. The number of oxazole rings is 1. The number of amides is 2. The van der Waals surface area contributed by atoms with Crippen LogP contribution in [0, 0.1) is 17.8 Å². The largest absolute Gasteiger partial charge is 0.446 e. The molecule has 1 N–H and O–H groups in total. The highest BCUT2D eigenvalue weighted by molar-refractivity contribution is 5.91. The van der Waals surface area contributed by atoms with Crippen molar-refractivity contribution in [3.63, 3.8) is 0 Å². The topological polar surface area (TPSA) is 75.4 Å². The second kappa shape index (κ2) is 10.5. The van der Waals surface area contributed by atoms with Crippen molar-refractivity contribution in [2.45, 2.75) is 72.8 Å². The summed E-state index contributed by atoms with van der Waals surface area (Å²) in [6.07, 6.45) is 8.04. The number of carbonyl (C=O) groups excluding carboxylic acids is 2. The van der Waals surface area contributed by atoms with E-state index < -0.39 is 0 Å². The van der Waals surface area contributed by atoms with Gasteiger partial charge in [-0.25, -0.2) is 4.98 Å².